The van der Waals surface area contributed by atoms with Crippen LogP contribution in [0.5, 0.6) is 0 Å². The molecule has 0 aliphatic heterocycles. The third-order valence-corrected chi connectivity index (χ3v) is 4.10. The third kappa shape index (κ3) is 2.38. The van der Waals surface area contributed by atoms with Gasteiger partial charge in [-0.05, 0) is 30.3 Å². The molecule has 1 amide bonds. The normalized spacial score (nSPS) is 11.0. The number of rotatable bonds is 4. The van der Waals surface area contributed by atoms with Crippen LogP contribution in [0.1, 0.15) is 16.1 Å². The Labute approximate surface area is 134 Å². The summed E-state index contributed by atoms with van der Waals surface area (Å²) >= 11 is 4.46. The number of aromatic nitrogens is 1. The zero-order chi connectivity index (χ0) is 15.7. The molecular weight excluding hydrogens is 294 g/mol. The van der Waals surface area contributed by atoms with Crippen molar-refractivity contribution in [2.24, 2.45) is 5.73 Å². The second kappa shape index (κ2) is 5.87. The molecule has 0 radical (unpaired) electrons. The van der Waals surface area contributed by atoms with Crippen molar-refractivity contribution in [2.45, 2.75) is 6.54 Å². The summed E-state index contributed by atoms with van der Waals surface area (Å²) in [5, 5.41) is 4.11. The van der Waals surface area contributed by atoms with Crippen molar-refractivity contribution in [2.75, 3.05) is 7.05 Å². The number of thiol groups is 1. The summed E-state index contributed by atoms with van der Waals surface area (Å²) < 4.78 is 1.57. The molecule has 22 heavy (non-hydrogen) atoms. The van der Waals surface area contributed by atoms with Gasteiger partial charge in [-0.2, -0.15) is 0 Å². The standard InChI is InChI=1S/C17H17N3OS/c1-19-10-11-7-8-14-13(9-11)15(12-5-3-2-4-6-12)16(17(18)21)20(14)22/h2-9,19,22H,10H2,1H3,(H2,18,21). The van der Waals surface area contributed by atoms with Gasteiger partial charge in [0.25, 0.3) is 5.91 Å². The maximum Gasteiger partial charge on any atom is 0.266 e. The first kappa shape index (κ1) is 14.7. The molecule has 3 N–H and O–H groups in total. The van der Waals surface area contributed by atoms with Crippen molar-refractivity contribution in [3.05, 3.63) is 59.8 Å². The molecule has 0 saturated heterocycles. The predicted molar refractivity (Wildman–Crippen MR) is 93.0 cm³/mol. The first-order chi connectivity index (χ1) is 10.6. The maximum absolute atomic E-state index is 11.9. The highest BCUT2D eigenvalue weighted by molar-refractivity contribution is 7.78. The number of carbonyl (C=O) groups is 1. The lowest BCUT2D eigenvalue weighted by molar-refractivity contribution is 0.0996. The molecule has 0 unspecified atom stereocenters. The average molecular weight is 311 g/mol. The minimum absolute atomic E-state index is 0.408. The van der Waals surface area contributed by atoms with Crippen LogP contribution in [0.4, 0.5) is 0 Å². The molecule has 1 aromatic heterocycles. The Hall–Kier alpha value is -2.24. The number of benzene rings is 2. The topological polar surface area (TPSA) is 60.0 Å². The SMILES string of the molecule is CNCc1ccc2c(c1)c(-c1ccccc1)c(C(N)=O)n2S. The van der Waals surface area contributed by atoms with Crippen molar-refractivity contribution in [3.8, 4) is 11.1 Å². The molecule has 0 aliphatic carbocycles. The molecule has 2 aromatic carbocycles. The van der Waals surface area contributed by atoms with E-state index in [1.54, 1.807) is 3.97 Å². The molecule has 0 bridgehead atoms. The van der Waals surface area contributed by atoms with Crippen LogP contribution >= 0.6 is 12.8 Å². The Morgan fingerprint density at radius 3 is 2.59 bits per heavy atom. The van der Waals surface area contributed by atoms with Crippen molar-refractivity contribution in [1.82, 2.24) is 9.29 Å². The van der Waals surface area contributed by atoms with Crippen molar-refractivity contribution >= 4 is 29.6 Å². The van der Waals surface area contributed by atoms with Crippen LogP contribution in [-0.4, -0.2) is 16.9 Å². The second-order valence-corrected chi connectivity index (χ2v) is 5.55. The molecule has 3 rings (SSSR count). The number of hydrogen-bond donors (Lipinski definition) is 3. The fourth-order valence-electron chi connectivity index (χ4n) is 2.76. The molecule has 0 atom stereocenters. The first-order valence-electron chi connectivity index (χ1n) is 7.00. The molecule has 1 heterocycles. The quantitative estimate of drug-likeness (QED) is 0.649. The van der Waals surface area contributed by atoms with E-state index in [-0.39, 0.29) is 0 Å². The van der Waals surface area contributed by atoms with Gasteiger partial charge >= 0.3 is 0 Å². The summed E-state index contributed by atoms with van der Waals surface area (Å²) in [5.74, 6) is -0.486. The first-order valence-corrected chi connectivity index (χ1v) is 7.40. The van der Waals surface area contributed by atoms with Crippen molar-refractivity contribution < 1.29 is 4.79 Å². The molecule has 112 valence electrons. The number of amides is 1. The van der Waals surface area contributed by atoms with Gasteiger partial charge in [-0.1, -0.05) is 49.2 Å². The third-order valence-electron chi connectivity index (χ3n) is 3.68. The molecule has 5 heteroatoms. The molecule has 4 nitrogen and oxygen atoms in total. The number of nitrogens with two attached hydrogens (primary N) is 1. The Kier molecular flexibility index (Phi) is 3.92. The zero-order valence-corrected chi connectivity index (χ0v) is 13.1. The van der Waals surface area contributed by atoms with Gasteiger partial charge in [-0.3, -0.25) is 8.77 Å². The smallest absolute Gasteiger partial charge is 0.266 e. The Balaban J connectivity index is 2.37. The van der Waals surface area contributed by atoms with Gasteiger partial charge in [0.2, 0.25) is 0 Å². The van der Waals surface area contributed by atoms with E-state index in [1.807, 2.05) is 49.5 Å². The van der Waals surface area contributed by atoms with Gasteiger partial charge in [0.1, 0.15) is 5.69 Å². The molecule has 0 fully saturated rings. The van der Waals surface area contributed by atoms with Gasteiger partial charge < -0.3 is 11.1 Å². The lowest BCUT2D eigenvalue weighted by Gasteiger charge is -2.04. The van der Waals surface area contributed by atoms with E-state index in [4.69, 9.17) is 5.73 Å². The van der Waals surface area contributed by atoms with E-state index >= 15 is 0 Å². The summed E-state index contributed by atoms with van der Waals surface area (Å²) in [6.07, 6.45) is 0. The largest absolute Gasteiger partial charge is 0.364 e. The Morgan fingerprint density at radius 2 is 1.95 bits per heavy atom. The number of nitrogens with zero attached hydrogens (tertiary/aromatic N) is 1. The van der Waals surface area contributed by atoms with Gasteiger partial charge in [0, 0.05) is 17.5 Å². The van der Waals surface area contributed by atoms with E-state index < -0.39 is 5.91 Å². The van der Waals surface area contributed by atoms with Crippen LogP contribution in [-0.2, 0) is 6.54 Å². The summed E-state index contributed by atoms with van der Waals surface area (Å²) in [4.78, 5) is 11.9. The van der Waals surface area contributed by atoms with Crippen LogP contribution in [0.2, 0.25) is 0 Å². The van der Waals surface area contributed by atoms with Crippen LogP contribution < -0.4 is 11.1 Å². The van der Waals surface area contributed by atoms with Crippen LogP contribution in [0.3, 0.4) is 0 Å². The molecule has 0 saturated carbocycles. The van der Waals surface area contributed by atoms with Gasteiger partial charge in [0.15, 0.2) is 0 Å². The summed E-state index contributed by atoms with van der Waals surface area (Å²) in [5.41, 5.74) is 9.80. The minimum atomic E-state index is -0.486. The van der Waals surface area contributed by atoms with E-state index in [1.165, 1.54) is 0 Å². The lowest BCUT2D eigenvalue weighted by Crippen LogP contribution is -2.14. The fraction of sp³-hybridized carbons (Fsp3) is 0.118. The molecule has 0 spiro atoms. The summed E-state index contributed by atoms with van der Waals surface area (Å²) in [6.45, 7) is 0.758. The van der Waals surface area contributed by atoms with Crippen LogP contribution in [0, 0.1) is 0 Å². The second-order valence-electron chi connectivity index (χ2n) is 5.15. The highest BCUT2D eigenvalue weighted by Crippen LogP contribution is 2.36. The fourth-order valence-corrected chi connectivity index (χ4v) is 3.13. The average Bonchev–Trinajstić information content (AvgIpc) is 2.81. The van der Waals surface area contributed by atoms with E-state index in [9.17, 15) is 4.79 Å². The summed E-state index contributed by atoms with van der Waals surface area (Å²) in [6, 6.07) is 15.8. The van der Waals surface area contributed by atoms with Gasteiger partial charge in [-0.15, -0.1) is 0 Å². The van der Waals surface area contributed by atoms with Crippen molar-refractivity contribution in [1.29, 1.82) is 0 Å². The zero-order valence-electron chi connectivity index (χ0n) is 12.2. The number of fused-ring (bicyclic) bond motifs is 1. The molecular formula is C17H17N3OS. The predicted octanol–water partition coefficient (Wildman–Crippen LogP) is 2.82. The van der Waals surface area contributed by atoms with Crippen molar-refractivity contribution in [3.63, 3.8) is 0 Å². The highest BCUT2D eigenvalue weighted by atomic mass is 32.1. The minimum Gasteiger partial charge on any atom is -0.364 e. The number of carbonyl (C=O) groups excluding carboxylic acids is 1. The van der Waals surface area contributed by atoms with Crippen LogP contribution in [0.25, 0.3) is 22.0 Å². The monoisotopic (exact) mass is 311 g/mol. The number of hydrogen-bond acceptors (Lipinski definition) is 3. The molecule has 3 aromatic rings. The van der Waals surface area contributed by atoms with E-state index in [2.05, 4.69) is 24.2 Å². The van der Waals surface area contributed by atoms with E-state index in [0.717, 1.165) is 34.1 Å². The molecule has 0 aliphatic rings. The number of primary amides is 1. The lowest BCUT2D eigenvalue weighted by atomic mass is 10.0. The highest BCUT2D eigenvalue weighted by Gasteiger charge is 2.21. The maximum atomic E-state index is 11.9. The summed E-state index contributed by atoms with van der Waals surface area (Å²) in [7, 11) is 1.90. The Bertz CT molecular complexity index is 840. The Morgan fingerprint density at radius 1 is 1.23 bits per heavy atom. The van der Waals surface area contributed by atoms with E-state index in [0.29, 0.717) is 5.69 Å². The van der Waals surface area contributed by atoms with Crippen LogP contribution in [0.15, 0.2) is 48.5 Å². The van der Waals surface area contributed by atoms with Gasteiger partial charge in [0.05, 0.1) is 5.52 Å². The van der Waals surface area contributed by atoms with Gasteiger partial charge in [-0.25, -0.2) is 0 Å². The number of nitrogens with one attached hydrogen (secondary N) is 1.